The summed E-state index contributed by atoms with van der Waals surface area (Å²) in [4.78, 5) is 36.2. The molecule has 0 aliphatic carbocycles. The SMILES string of the molecule is CN(Cc1ccccc1)c1nc2c(c(=O)[nH]1)CCN(C(=O)OC(C)(C)C)CC2. The van der Waals surface area contributed by atoms with Crippen molar-refractivity contribution < 1.29 is 9.53 Å². The van der Waals surface area contributed by atoms with Gasteiger partial charge in [0.2, 0.25) is 5.95 Å². The second-order valence-electron chi connectivity index (χ2n) is 8.12. The fourth-order valence-corrected chi connectivity index (χ4v) is 3.22. The Kier molecular flexibility index (Phi) is 5.72. The quantitative estimate of drug-likeness (QED) is 0.880. The summed E-state index contributed by atoms with van der Waals surface area (Å²) >= 11 is 0. The molecule has 7 heteroatoms. The molecule has 28 heavy (non-hydrogen) atoms. The van der Waals surface area contributed by atoms with Crippen LogP contribution in [0.15, 0.2) is 35.1 Å². The fourth-order valence-electron chi connectivity index (χ4n) is 3.22. The Labute approximate surface area is 165 Å². The van der Waals surface area contributed by atoms with Crippen LogP contribution in [0.3, 0.4) is 0 Å². The maximum absolute atomic E-state index is 12.6. The van der Waals surface area contributed by atoms with Crippen LogP contribution in [-0.4, -0.2) is 46.7 Å². The van der Waals surface area contributed by atoms with E-state index >= 15 is 0 Å². The number of carbonyl (C=O) groups excluding carboxylic acids is 1. The Bertz CT molecular complexity index is 887. The minimum absolute atomic E-state index is 0.133. The van der Waals surface area contributed by atoms with Gasteiger partial charge in [0.05, 0.1) is 5.69 Å². The van der Waals surface area contributed by atoms with Gasteiger partial charge < -0.3 is 14.5 Å². The summed E-state index contributed by atoms with van der Waals surface area (Å²) in [5.41, 5.74) is 1.87. The summed E-state index contributed by atoms with van der Waals surface area (Å²) < 4.78 is 5.46. The van der Waals surface area contributed by atoms with E-state index in [2.05, 4.69) is 4.98 Å². The first-order chi connectivity index (χ1) is 13.2. The van der Waals surface area contributed by atoms with Gasteiger partial charge in [-0.3, -0.25) is 9.78 Å². The monoisotopic (exact) mass is 384 g/mol. The van der Waals surface area contributed by atoms with Crippen LogP contribution in [0.2, 0.25) is 0 Å². The third kappa shape index (κ3) is 4.91. The number of benzene rings is 1. The molecule has 1 N–H and O–H groups in total. The highest BCUT2D eigenvalue weighted by Gasteiger charge is 2.26. The number of hydrogen-bond acceptors (Lipinski definition) is 5. The molecule has 7 nitrogen and oxygen atoms in total. The first-order valence-corrected chi connectivity index (χ1v) is 9.58. The van der Waals surface area contributed by atoms with E-state index in [4.69, 9.17) is 9.72 Å². The van der Waals surface area contributed by atoms with E-state index in [-0.39, 0.29) is 11.7 Å². The van der Waals surface area contributed by atoms with Gasteiger partial charge in [-0.1, -0.05) is 30.3 Å². The number of carbonyl (C=O) groups is 1. The molecular weight excluding hydrogens is 356 g/mol. The molecule has 0 saturated heterocycles. The highest BCUT2D eigenvalue weighted by atomic mass is 16.6. The van der Waals surface area contributed by atoms with E-state index in [0.717, 1.165) is 11.3 Å². The minimum atomic E-state index is -0.542. The van der Waals surface area contributed by atoms with Crippen molar-refractivity contribution in [1.82, 2.24) is 14.9 Å². The first kappa shape index (κ1) is 19.9. The smallest absolute Gasteiger partial charge is 0.410 e. The van der Waals surface area contributed by atoms with Crippen molar-refractivity contribution in [2.45, 2.75) is 45.8 Å². The van der Waals surface area contributed by atoms with Crippen LogP contribution < -0.4 is 10.5 Å². The van der Waals surface area contributed by atoms with Crippen molar-refractivity contribution in [3.05, 3.63) is 57.5 Å². The molecule has 2 aromatic rings. The summed E-state index contributed by atoms with van der Waals surface area (Å²) in [7, 11) is 1.90. The van der Waals surface area contributed by atoms with Crippen LogP contribution in [0.1, 0.15) is 37.6 Å². The van der Waals surface area contributed by atoms with Crippen molar-refractivity contribution in [1.29, 1.82) is 0 Å². The zero-order valence-electron chi connectivity index (χ0n) is 17.0. The normalized spacial score (nSPS) is 14.2. The lowest BCUT2D eigenvalue weighted by atomic mass is 10.1. The van der Waals surface area contributed by atoms with E-state index in [1.807, 2.05) is 63.1 Å². The Morgan fingerprint density at radius 1 is 1.21 bits per heavy atom. The van der Waals surface area contributed by atoms with Crippen LogP contribution >= 0.6 is 0 Å². The number of hydrogen-bond donors (Lipinski definition) is 1. The molecule has 0 fully saturated rings. The Morgan fingerprint density at radius 2 is 1.89 bits per heavy atom. The van der Waals surface area contributed by atoms with Crippen molar-refractivity contribution in [2.75, 3.05) is 25.0 Å². The molecule has 1 aromatic heterocycles. The highest BCUT2D eigenvalue weighted by Crippen LogP contribution is 2.17. The molecule has 1 aromatic carbocycles. The van der Waals surface area contributed by atoms with Gasteiger partial charge in [0, 0.05) is 38.7 Å². The molecular formula is C21H28N4O3. The number of aromatic amines is 1. The summed E-state index contributed by atoms with van der Waals surface area (Å²) in [5.74, 6) is 0.540. The molecule has 1 aliphatic rings. The second-order valence-corrected chi connectivity index (χ2v) is 8.12. The molecule has 0 bridgehead atoms. The first-order valence-electron chi connectivity index (χ1n) is 9.58. The average molecular weight is 384 g/mol. The van der Waals surface area contributed by atoms with Gasteiger partial charge in [0.25, 0.3) is 5.56 Å². The molecule has 150 valence electrons. The molecule has 0 unspecified atom stereocenters. The van der Waals surface area contributed by atoms with E-state index in [0.29, 0.717) is 44.0 Å². The molecule has 0 saturated carbocycles. The van der Waals surface area contributed by atoms with Crippen molar-refractivity contribution >= 4 is 12.0 Å². The van der Waals surface area contributed by atoms with E-state index in [1.165, 1.54) is 0 Å². The van der Waals surface area contributed by atoms with Gasteiger partial charge in [-0.05, 0) is 32.8 Å². The van der Waals surface area contributed by atoms with Gasteiger partial charge in [0.1, 0.15) is 5.60 Å². The number of nitrogens with one attached hydrogen (secondary N) is 1. The van der Waals surface area contributed by atoms with Crippen molar-refractivity contribution in [3.8, 4) is 0 Å². The van der Waals surface area contributed by atoms with Crippen LogP contribution in [0.25, 0.3) is 0 Å². The zero-order valence-corrected chi connectivity index (χ0v) is 17.0. The number of nitrogens with zero attached hydrogens (tertiary/aromatic N) is 3. The molecule has 1 aliphatic heterocycles. The van der Waals surface area contributed by atoms with Crippen molar-refractivity contribution in [3.63, 3.8) is 0 Å². The minimum Gasteiger partial charge on any atom is -0.444 e. The Hall–Kier alpha value is -2.83. The fraction of sp³-hybridized carbons (Fsp3) is 0.476. The number of aromatic nitrogens is 2. The number of ether oxygens (including phenoxy) is 1. The van der Waals surface area contributed by atoms with E-state index in [9.17, 15) is 9.59 Å². The molecule has 0 atom stereocenters. The zero-order chi connectivity index (χ0) is 20.3. The summed E-state index contributed by atoms with van der Waals surface area (Å²) in [6, 6.07) is 10.0. The van der Waals surface area contributed by atoms with E-state index < -0.39 is 5.60 Å². The number of rotatable bonds is 3. The Morgan fingerprint density at radius 3 is 2.57 bits per heavy atom. The lowest BCUT2D eigenvalue weighted by Gasteiger charge is -2.26. The van der Waals surface area contributed by atoms with Crippen LogP contribution in [0.4, 0.5) is 10.7 Å². The molecule has 3 rings (SSSR count). The number of amides is 1. The lowest BCUT2D eigenvalue weighted by Crippen LogP contribution is -2.38. The maximum atomic E-state index is 12.6. The van der Waals surface area contributed by atoms with E-state index in [1.54, 1.807) is 4.90 Å². The van der Waals surface area contributed by atoms with Gasteiger partial charge >= 0.3 is 6.09 Å². The predicted molar refractivity (Wildman–Crippen MR) is 109 cm³/mol. The Balaban J connectivity index is 1.75. The summed E-state index contributed by atoms with van der Waals surface area (Å²) in [6.45, 7) is 7.12. The van der Waals surface area contributed by atoms with Crippen molar-refractivity contribution in [2.24, 2.45) is 0 Å². The van der Waals surface area contributed by atoms with Crippen LogP contribution in [0.5, 0.6) is 0 Å². The second kappa shape index (κ2) is 8.04. The third-order valence-electron chi connectivity index (χ3n) is 4.61. The van der Waals surface area contributed by atoms with Gasteiger partial charge in [-0.15, -0.1) is 0 Å². The van der Waals surface area contributed by atoms with Gasteiger partial charge in [0.15, 0.2) is 0 Å². The molecule has 2 heterocycles. The third-order valence-corrected chi connectivity index (χ3v) is 4.61. The summed E-state index contributed by atoms with van der Waals surface area (Å²) in [5, 5.41) is 0. The molecule has 0 spiro atoms. The predicted octanol–water partition coefficient (Wildman–Crippen LogP) is 2.74. The molecule has 1 amide bonds. The number of fused-ring (bicyclic) bond motifs is 1. The van der Waals surface area contributed by atoms with Crippen LogP contribution in [0, 0.1) is 0 Å². The van der Waals surface area contributed by atoms with Gasteiger partial charge in [-0.25, -0.2) is 9.78 Å². The molecule has 0 radical (unpaired) electrons. The number of H-pyrrole nitrogens is 1. The summed E-state index contributed by atoms with van der Waals surface area (Å²) in [6.07, 6.45) is 0.655. The lowest BCUT2D eigenvalue weighted by molar-refractivity contribution is 0.0258. The number of anilines is 1. The standard InChI is InChI=1S/C21H28N4O3/c1-21(2,3)28-20(27)25-12-10-16-17(11-13-25)22-19(23-18(16)26)24(4)14-15-8-6-5-7-9-15/h5-9H,10-14H2,1-4H3,(H,22,23,26). The largest absolute Gasteiger partial charge is 0.444 e. The average Bonchev–Trinajstić information content (AvgIpc) is 2.84. The van der Waals surface area contributed by atoms with Crippen LogP contribution in [-0.2, 0) is 24.1 Å². The van der Waals surface area contributed by atoms with Gasteiger partial charge in [-0.2, -0.15) is 0 Å². The maximum Gasteiger partial charge on any atom is 0.410 e. The topological polar surface area (TPSA) is 78.5 Å². The highest BCUT2D eigenvalue weighted by molar-refractivity contribution is 5.68.